The van der Waals surface area contributed by atoms with Crippen molar-refractivity contribution in [2.75, 3.05) is 31.6 Å². The smallest absolute Gasteiger partial charge is 0.124 e. The third-order valence-corrected chi connectivity index (χ3v) is 5.13. The molecule has 3 rings (SSSR count). The summed E-state index contributed by atoms with van der Waals surface area (Å²) in [6.07, 6.45) is 3.85. The van der Waals surface area contributed by atoms with Gasteiger partial charge in [-0.1, -0.05) is 11.6 Å². The van der Waals surface area contributed by atoms with Crippen molar-refractivity contribution in [3.8, 4) is 0 Å². The van der Waals surface area contributed by atoms with Crippen molar-refractivity contribution in [1.29, 1.82) is 5.41 Å². The highest BCUT2D eigenvalue weighted by Crippen LogP contribution is 2.33. The van der Waals surface area contributed by atoms with Crippen LogP contribution in [0.4, 0.5) is 5.69 Å². The van der Waals surface area contributed by atoms with E-state index in [4.69, 9.17) is 11.1 Å². The van der Waals surface area contributed by atoms with Crippen LogP contribution in [-0.4, -0.2) is 43.5 Å². The summed E-state index contributed by atoms with van der Waals surface area (Å²) in [6.45, 7) is 5.45. The molecule has 0 spiro atoms. The molecule has 4 heteroatoms. The Kier molecular flexibility index (Phi) is 3.89. The lowest BCUT2D eigenvalue weighted by Crippen LogP contribution is -2.53. The van der Waals surface area contributed by atoms with E-state index in [9.17, 15) is 0 Å². The fourth-order valence-electron chi connectivity index (χ4n) is 4.01. The van der Waals surface area contributed by atoms with E-state index in [1.807, 2.05) is 6.07 Å². The zero-order valence-electron chi connectivity index (χ0n) is 13.1. The number of nitrogens with two attached hydrogens (primary N) is 1. The van der Waals surface area contributed by atoms with E-state index in [-0.39, 0.29) is 5.84 Å². The summed E-state index contributed by atoms with van der Waals surface area (Å²) in [5.41, 5.74) is 8.98. The van der Waals surface area contributed by atoms with Crippen molar-refractivity contribution < 1.29 is 0 Å². The fourth-order valence-corrected chi connectivity index (χ4v) is 4.01. The Morgan fingerprint density at radius 3 is 2.86 bits per heavy atom. The summed E-state index contributed by atoms with van der Waals surface area (Å²) < 4.78 is 0. The van der Waals surface area contributed by atoms with Crippen LogP contribution in [0.15, 0.2) is 18.2 Å². The summed E-state index contributed by atoms with van der Waals surface area (Å²) >= 11 is 0. The van der Waals surface area contributed by atoms with Gasteiger partial charge in [-0.15, -0.1) is 0 Å². The van der Waals surface area contributed by atoms with E-state index in [0.717, 1.165) is 41.9 Å². The lowest BCUT2D eigenvalue weighted by molar-refractivity contribution is 0.102. The highest BCUT2D eigenvalue weighted by molar-refractivity contribution is 6.00. The molecular formula is C17H26N4. The van der Waals surface area contributed by atoms with Crippen LogP contribution in [0.3, 0.4) is 0 Å². The maximum absolute atomic E-state index is 7.85. The Hall–Kier alpha value is -1.55. The number of benzene rings is 1. The number of rotatable bonds is 2. The number of fused-ring (bicyclic) bond motifs is 1. The molecule has 0 aromatic heterocycles. The highest BCUT2D eigenvalue weighted by atomic mass is 15.2. The summed E-state index contributed by atoms with van der Waals surface area (Å²) in [6, 6.07) is 7.04. The molecule has 2 unspecified atom stereocenters. The van der Waals surface area contributed by atoms with E-state index >= 15 is 0 Å². The lowest BCUT2D eigenvalue weighted by atomic mass is 9.84. The molecule has 2 atom stereocenters. The van der Waals surface area contributed by atoms with Gasteiger partial charge < -0.3 is 15.5 Å². The Morgan fingerprint density at radius 2 is 2.10 bits per heavy atom. The van der Waals surface area contributed by atoms with Crippen LogP contribution in [0.2, 0.25) is 0 Å². The lowest BCUT2D eigenvalue weighted by Gasteiger charge is -2.47. The maximum atomic E-state index is 7.85. The van der Waals surface area contributed by atoms with Crippen molar-refractivity contribution in [2.24, 2.45) is 11.7 Å². The number of hydrogen-bond acceptors (Lipinski definition) is 3. The Labute approximate surface area is 127 Å². The molecule has 4 nitrogen and oxygen atoms in total. The highest BCUT2D eigenvalue weighted by Gasteiger charge is 2.34. The molecule has 114 valence electrons. The summed E-state index contributed by atoms with van der Waals surface area (Å²) in [7, 11) is 2.26. The zero-order valence-corrected chi connectivity index (χ0v) is 13.1. The zero-order chi connectivity index (χ0) is 15.0. The third-order valence-electron chi connectivity index (χ3n) is 5.13. The monoisotopic (exact) mass is 286 g/mol. The van der Waals surface area contributed by atoms with Crippen LogP contribution in [0, 0.1) is 18.3 Å². The van der Waals surface area contributed by atoms with Gasteiger partial charge >= 0.3 is 0 Å². The SMILES string of the molecule is Cc1ccc(N2CCC3C(CCCN3C)C2)c(C(=N)N)c1. The second kappa shape index (κ2) is 5.68. The van der Waals surface area contributed by atoms with Crippen molar-refractivity contribution in [1.82, 2.24) is 4.90 Å². The van der Waals surface area contributed by atoms with Gasteiger partial charge in [-0.25, -0.2) is 0 Å². The number of hydrogen-bond donors (Lipinski definition) is 2. The molecule has 0 aliphatic carbocycles. The average molecular weight is 286 g/mol. The number of nitrogens with zero attached hydrogens (tertiary/aromatic N) is 2. The summed E-state index contributed by atoms with van der Waals surface area (Å²) in [5.74, 6) is 0.926. The number of nitrogens with one attached hydrogen (secondary N) is 1. The molecule has 21 heavy (non-hydrogen) atoms. The Morgan fingerprint density at radius 1 is 1.29 bits per heavy atom. The second-order valence-corrected chi connectivity index (χ2v) is 6.62. The average Bonchev–Trinajstić information content (AvgIpc) is 2.47. The number of piperidine rings is 2. The van der Waals surface area contributed by atoms with Crippen LogP contribution in [-0.2, 0) is 0 Å². The largest absolute Gasteiger partial charge is 0.384 e. The van der Waals surface area contributed by atoms with Crippen LogP contribution in [0.1, 0.15) is 30.4 Å². The molecule has 0 radical (unpaired) electrons. The minimum Gasteiger partial charge on any atom is -0.384 e. The molecule has 3 N–H and O–H groups in total. The van der Waals surface area contributed by atoms with E-state index in [1.54, 1.807) is 0 Å². The third kappa shape index (κ3) is 2.77. The number of amidine groups is 1. The van der Waals surface area contributed by atoms with E-state index in [2.05, 4.69) is 35.9 Å². The summed E-state index contributed by atoms with van der Waals surface area (Å²) in [5, 5.41) is 7.85. The molecule has 2 aliphatic rings. The van der Waals surface area contributed by atoms with E-state index in [1.165, 1.54) is 25.8 Å². The van der Waals surface area contributed by atoms with Crippen LogP contribution >= 0.6 is 0 Å². The molecule has 1 aromatic rings. The van der Waals surface area contributed by atoms with E-state index < -0.39 is 0 Å². The molecule has 2 aliphatic heterocycles. The predicted octanol–water partition coefficient (Wildman–Crippen LogP) is 2.20. The van der Waals surface area contributed by atoms with Crippen LogP contribution < -0.4 is 10.6 Å². The number of anilines is 1. The maximum Gasteiger partial charge on any atom is 0.124 e. The number of likely N-dealkylation sites (tertiary alicyclic amines) is 1. The first-order valence-electron chi connectivity index (χ1n) is 7.96. The molecule has 2 heterocycles. The molecule has 0 amide bonds. The molecule has 0 saturated carbocycles. The van der Waals surface area contributed by atoms with Gasteiger partial charge in [0, 0.05) is 30.4 Å². The molecular weight excluding hydrogens is 260 g/mol. The van der Waals surface area contributed by atoms with Crippen molar-refractivity contribution >= 4 is 11.5 Å². The van der Waals surface area contributed by atoms with Crippen molar-refractivity contribution in [3.05, 3.63) is 29.3 Å². The first kappa shape index (κ1) is 14.4. The molecule has 2 fully saturated rings. The quantitative estimate of drug-likeness (QED) is 0.647. The molecule has 1 aromatic carbocycles. The normalized spacial score (nSPS) is 26.5. The number of aryl methyl sites for hydroxylation is 1. The van der Waals surface area contributed by atoms with Gasteiger partial charge in [0.2, 0.25) is 0 Å². The minimum atomic E-state index is 0.177. The van der Waals surface area contributed by atoms with Crippen LogP contribution in [0.25, 0.3) is 0 Å². The molecule has 2 saturated heterocycles. The van der Waals surface area contributed by atoms with Gasteiger partial charge in [-0.2, -0.15) is 0 Å². The van der Waals surface area contributed by atoms with E-state index in [0.29, 0.717) is 0 Å². The first-order valence-corrected chi connectivity index (χ1v) is 7.96. The minimum absolute atomic E-state index is 0.177. The van der Waals surface area contributed by atoms with Crippen molar-refractivity contribution in [2.45, 2.75) is 32.2 Å². The standard InChI is InChI=1S/C17H26N4/c1-12-5-6-16(14(10-12)17(18)19)21-9-7-15-13(11-21)4-3-8-20(15)2/h5-6,10,13,15H,3-4,7-9,11H2,1-2H3,(H3,18,19). The molecule has 0 bridgehead atoms. The number of nitrogen functional groups attached to an aromatic ring is 1. The van der Waals surface area contributed by atoms with Gasteiger partial charge in [-0.3, -0.25) is 5.41 Å². The van der Waals surface area contributed by atoms with Gasteiger partial charge in [0.1, 0.15) is 5.84 Å². The second-order valence-electron chi connectivity index (χ2n) is 6.62. The summed E-state index contributed by atoms with van der Waals surface area (Å²) in [4.78, 5) is 4.98. The predicted molar refractivity (Wildman–Crippen MR) is 88.2 cm³/mol. The van der Waals surface area contributed by atoms with Gasteiger partial charge in [0.05, 0.1) is 0 Å². The fraction of sp³-hybridized carbons (Fsp3) is 0.588. The van der Waals surface area contributed by atoms with Crippen molar-refractivity contribution in [3.63, 3.8) is 0 Å². The van der Waals surface area contributed by atoms with Gasteiger partial charge in [0.25, 0.3) is 0 Å². The van der Waals surface area contributed by atoms with Crippen LogP contribution in [0.5, 0.6) is 0 Å². The van der Waals surface area contributed by atoms with Gasteiger partial charge in [-0.05, 0) is 57.8 Å². The first-order chi connectivity index (χ1) is 10.1. The Balaban J connectivity index is 1.84. The topological polar surface area (TPSA) is 56.4 Å². The van der Waals surface area contributed by atoms with Gasteiger partial charge in [0.15, 0.2) is 0 Å². The Bertz CT molecular complexity index is 540.